The molecule has 0 spiro atoms. The Morgan fingerprint density at radius 3 is 2.62 bits per heavy atom. The van der Waals surface area contributed by atoms with Gasteiger partial charge in [-0.05, 0) is 46.1 Å². The Kier molecular flexibility index (Phi) is 6.85. The first-order chi connectivity index (χ1) is 11.6. The zero-order valence-corrected chi connectivity index (χ0v) is 15.1. The zero-order chi connectivity index (χ0) is 17.4. The van der Waals surface area contributed by atoms with Crippen molar-refractivity contribution < 1.29 is 4.42 Å². The van der Waals surface area contributed by atoms with Crippen molar-refractivity contribution in [1.29, 1.82) is 0 Å². The molecule has 0 saturated carbocycles. The second-order valence-electron chi connectivity index (χ2n) is 6.01. The van der Waals surface area contributed by atoms with Crippen molar-refractivity contribution in [2.75, 3.05) is 6.54 Å². The summed E-state index contributed by atoms with van der Waals surface area (Å²) in [7, 11) is 0. The summed E-state index contributed by atoms with van der Waals surface area (Å²) in [5, 5.41) is 6.72. The van der Waals surface area contributed by atoms with E-state index in [1.165, 1.54) is 5.56 Å². The summed E-state index contributed by atoms with van der Waals surface area (Å²) in [5.41, 5.74) is 2.29. The van der Waals surface area contributed by atoms with E-state index >= 15 is 0 Å². The first-order valence-electron chi connectivity index (χ1n) is 8.60. The van der Waals surface area contributed by atoms with Crippen molar-refractivity contribution in [2.24, 2.45) is 4.99 Å². The predicted octanol–water partition coefficient (Wildman–Crippen LogP) is 3.37. The monoisotopic (exact) mass is 328 g/mol. The molecular weight excluding hydrogens is 300 g/mol. The van der Waals surface area contributed by atoms with Crippen LogP contribution in [0.4, 0.5) is 0 Å². The second-order valence-corrected chi connectivity index (χ2v) is 6.01. The predicted molar refractivity (Wildman–Crippen MR) is 98.2 cm³/mol. The van der Waals surface area contributed by atoms with E-state index in [0.717, 1.165) is 36.8 Å². The number of aliphatic imine (C=N–C) groups is 1. The van der Waals surface area contributed by atoms with Crippen LogP contribution in [0, 0.1) is 13.8 Å². The molecule has 0 saturated heterocycles. The number of hydrogen-bond acceptors (Lipinski definition) is 3. The average Bonchev–Trinajstić information content (AvgIpc) is 2.90. The van der Waals surface area contributed by atoms with Crippen LogP contribution in [0.15, 0.2) is 39.7 Å². The third kappa shape index (κ3) is 5.72. The maximum atomic E-state index is 5.58. The lowest BCUT2D eigenvalue weighted by Crippen LogP contribution is -2.42. The van der Waals surface area contributed by atoms with Gasteiger partial charge < -0.3 is 15.1 Å². The minimum atomic E-state index is 0.330. The molecule has 5 nitrogen and oxygen atoms in total. The van der Waals surface area contributed by atoms with E-state index < -0.39 is 0 Å². The van der Waals surface area contributed by atoms with E-state index in [2.05, 4.69) is 58.7 Å². The third-order valence-electron chi connectivity index (χ3n) is 3.88. The first kappa shape index (κ1) is 18.0. The molecule has 0 aliphatic carbocycles. The molecule has 2 N–H and O–H groups in total. The summed E-state index contributed by atoms with van der Waals surface area (Å²) in [6.07, 6.45) is 2.10. The number of guanidine groups is 1. The smallest absolute Gasteiger partial charge is 0.216 e. The Balaban J connectivity index is 1.88. The Morgan fingerprint density at radius 1 is 1.25 bits per heavy atom. The Bertz CT molecular complexity index is 629. The van der Waals surface area contributed by atoms with Crippen LogP contribution < -0.4 is 10.6 Å². The minimum absolute atomic E-state index is 0.330. The Morgan fingerprint density at radius 2 is 2.00 bits per heavy atom. The van der Waals surface area contributed by atoms with Gasteiger partial charge in [0.1, 0.15) is 12.3 Å². The maximum Gasteiger partial charge on any atom is 0.216 e. The molecule has 1 aromatic heterocycles. The van der Waals surface area contributed by atoms with Crippen LogP contribution in [0.1, 0.15) is 43.2 Å². The van der Waals surface area contributed by atoms with Crippen LogP contribution >= 0.6 is 0 Å². The summed E-state index contributed by atoms with van der Waals surface area (Å²) >= 11 is 0. The molecule has 130 valence electrons. The molecule has 0 aliphatic rings. The lowest BCUT2D eigenvalue weighted by Gasteiger charge is -2.17. The second kappa shape index (κ2) is 9.11. The van der Waals surface area contributed by atoms with Crippen LogP contribution in [-0.4, -0.2) is 23.5 Å². The van der Waals surface area contributed by atoms with E-state index in [0.29, 0.717) is 18.5 Å². The molecule has 2 aromatic rings. The number of aromatic nitrogens is 1. The number of nitrogens with one attached hydrogen (secondary N) is 2. The van der Waals surface area contributed by atoms with Gasteiger partial charge in [0, 0.05) is 12.6 Å². The van der Waals surface area contributed by atoms with Gasteiger partial charge in [-0.3, -0.25) is 0 Å². The molecule has 1 heterocycles. The van der Waals surface area contributed by atoms with Gasteiger partial charge in [-0.25, -0.2) is 9.98 Å². The normalized spacial score (nSPS) is 12.9. The van der Waals surface area contributed by atoms with Crippen LogP contribution in [0.2, 0.25) is 0 Å². The van der Waals surface area contributed by atoms with Crippen molar-refractivity contribution in [3.05, 3.63) is 53.2 Å². The van der Waals surface area contributed by atoms with Gasteiger partial charge in [-0.15, -0.1) is 0 Å². The summed E-state index contributed by atoms with van der Waals surface area (Å²) < 4.78 is 5.58. The molecule has 0 aliphatic heterocycles. The van der Waals surface area contributed by atoms with Gasteiger partial charge in [0.15, 0.2) is 5.96 Å². The number of rotatable bonds is 7. The van der Waals surface area contributed by atoms with Crippen LogP contribution in [-0.2, 0) is 13.0 Å². The van der Waals surface area contributed by atoms with Crippen molar-refractivity contribution in [1.82, 2.24) is 15.6 Å². The Hall–Kier alpha value is -2.30. The third-order valence-corrected chi connectivity index (χ3v) is 3.88. The van der Waals surface area contributed by atoms with Gasteiger partial charge in [0.25, 0.3) is 0 Å². The maximum absolute atomic E-state index is 5.58. The molecule has 1 unspecified atom stereocenters. The average molecular weight is 328 g/mol. The number of oxazole rings is 1. The summed E-state index contributed by atoms with van der Waals surface area (Å²) in [6, 6.07) is 10.9. The molecular formula is C19H28N4O. The lowest BCUT2D eigenvalue weighted by molar-refractivity contribution is 0.472. The van der Waals surface area contributed by atoms with E-state index in [4.69, 9.17) is 4.42 Å². The van der Waals surface area contributed by atoms with Gasteiger partial charge in [0.2, 0.25) is 5.89 Å². The molecule has 1 atom stereocenters. The van der Waals surface area contributed by atoms with E-state index in [1.807, 2.05) is 19.9 Å². The standard InChI is InChI=1S/C19H28N4O/c1-5-20-19(21-13-18-23-15(3)16(4)24-18)22-14(2)11-12-17-9-7-6-8-10-17/h6-10,14H,5,11-13H2,1-4H3,(H2,20,21,22). The number of nitrogens with zero attached hydrogens (tertiary/aromatic N) is 2. The van der Waals surface area contributed by atoms with Crippen LogP contribution in [0.5, 0.6) is 0 Å². The lowest BCUT2D eigenvalue weighted by atomic mass is 10.1. The molecule has 0 bridgehead atoms. The fourth-order valence-corrected chi connectivity index (χ4v) is 2.41. The molecule has 5 heteroatoms. The quantitative estimate of drug-likeness (QED) is 0.604. The largest absolute Gasteiger partial charge is 0.444 e. The summed E-state index contributed by atoms with van der Waals surface area (Å²) in [6.45, 7) is 9.36. The van der Waals surface area contributed by atoms with Crippen LogP contribution in [0.3, 0.4) is 0 Å². The van der Waals surface area contributed by atoms with E-state index in [9.17, 15) is 0 Å². The number of aryl methyl sites for hydroxylation is 3. The molecule has 24 heavy (non-hydrogen) atoms. The molecule has 0 radical (unpaired) electrons. The molecule has 1 aromatic carbocycles. The van der Waals surface area contributed by atoms with Crippen molar-refractivity contribution in [3.63, 3.8) is 0 Å². The molecule has 0 amide bonds. The van der Waals surface area contributed by atoms with Gasteiger partial charge in [-0.1, -0.05) is 30.3 Å². The fraction of sp³-hybridized carbons (Fsp3) is 0.474. The Labute approximate surface area is 144 Å². The van der Waals surface area contributed by atoms with Gasteiger partial charge >= 0.3 is 0 Å². The number of hydrogen-bond donors (Lipinski definition) is 2. The summed E-state index contributed by atoms with van der Waals surface area (Å²) in [4.78, 5) is 8.94. The van der Waals surface area contributed by atoms with Gasteiger partial charge in [-0.2, -0.15) is 0 Å². The van der Waals surface area contributed by atoms with Gasteiger partial charge in [0.05, 0.1) is 5.69 Å². The highest BCUT2D eigenvalue weighted by atomic mass is 16.4. The van der Waals surface area contributed by atoms with E-state index in [-0.39, 0.29) is 0 Å². The zero-order valence-electron chi connectivity index (χ0n) is 15.1. The highest BCUT2D eigenvalue weighted by Gasteiger charge is 2.08. The highest BCUT2D eigenvalue weighted by Crippen LogP contribution is 2.09. The van der Waals surface area contributed by atoms with Crippen molar-refractivity contribution in [3.8, 4) is 0 Å². The fourth-order valence-electron chi connectivity index (χ4n) is 2.41. The van der Waals surface area contributed by atoms with Crippen molar-refractivity contribution in [2.45, 2.75) is 53.1 Å². The molecule has 0 fully saturated rings. The SMILES string of the molecule is CCNC(=NCc1nc(C)c(C)o1)NC(C)CCc1ccccc1. The highest BCUT2D eigenvalue weighted by molar-refractivity contribution is 5.79. The molecule has 2 rings (SSSR count). The first-order valence-corrected chi connectivity index (χ1v) is 8.60. The van der Waals surface area contributed by atoms with Crippen LogP contribution in [0.25, 0.3) is 0 Å². The minimum Gasteiger partial charge on any atom is -0.444 e. The topological polar surface area (TPSA) is 62.5 Å². The number of benzene rings is 1. The van der Waals surface area contributed by atoms with E-state index in [1.54, 1.807) is 0 Å². The van der Waals surface area contributed by atoms with Crippen molar-refractivity contribution >= 4 is 5.96 Å². The summed E-state index contributed by atoms with van der Waals surface area (Å²) in [5.74, 6) is 2.31.